The topological polar surface area (TPSA) is 173 Å². The second-order valence-electron chi connectivity index (χ2n) is 7.84. The summed E-state index contributed by atoms with van der Waals surface area (Å²) < 4.78 is 12.5. The molecule has 13 heteroatoms. The van der Waals surface area contributed by atoms with E-state index in [1.54, 1.807) is 17.9 Å². The lowest BCUT2D eigenvalue weighted by molar-refractivity contribution is 0.209. The highest BCUT2D eigenvalue weighted by Gasteiger charge is 2.29. The fourth-order valence-electron chi connectivity index (χ4n) is 3.57. The third-order valence-electron chi connectivity index (χ3n) is 5.39. The highest BCUT2D eigenvalue weighted by atomic mass is 16.5. The van der Waals surface area contributed by atoms with Crippen LogP contribution in [0.25, 0.3) is 11.0 Å². The summed E-state index contributed by atoms with van der Waals surface area (Å²) >= 11 is 0. The molecule has 1 amide bonds. The number of hydrogen-bond acceptors (Lipinski definition) is 10. The summed E-state index contributed by atoms with van der Waals surface area (Å²) in [6.07, 6.45) is 2.35. The minimum atomic E-state index is -1.28. The Balaban J connectivity index is 1.48. The Bertz CT molecular complexity index is 1350. The second-order valence-corrected chi connectivity index (χ2v) is 7.84. The zero-order chi connectivity index (χ0) is 23.7. The van der Waals surface area contributed by atoms with Crippen molar-refractivity contribution in [2.45, 2.75) is 38.5 Å². The Hall–Kier alpha value is -4.26. The number of carbonyl (C=O) groups is 1. The molecule has 3 aromatic heterocycles. The molecule has 34 heavy (non-hydrogen) atoms. The summed E-state index contributed by atoms with van der Waals surface area (Å²) in [5.74, 6) is 2.31. The SMILES string of the molecule is COc1cc(CO)ccc1Cn1ncc2nc(NC(=O)O)nc(NCc3noc(C4CC4)n3)c21. The Labute approximate surface area is 192 Å². The van der Waals surface area contributed by atoms with E-state index in [1.807, 2.05) is 12.1 Å². The van der Waals surface area contributed by atoms with Gasteiger partial charge in [-0.3, -0.25) is 10.00 Å². The van der Waals surface area contributed by atoms with E-state index in [0.717, 1.165) is 24.0 Å². The van der Waals surface area contributed by atoms with E-state index in [9.17, 15) is 9.90 Å². The van der Waals surface area contributed by atoms with Crippen LogP contribution in [0, 0.1) is 0 Å². The van der Waals surface area contributed by atoms with E-state index in [-0.39, 0.29) is 19.1 Å². The normalized spacial score (nSPS) is 13.2. The van der Waals surface area contributed by atoms with Crippen LogP contribution in [0.5, 0.6) is 5.75 Å². The van der Waals surface area contributed by atoms with Crippen LogP contribution in [0.3, 0.4) is 0 Å². The molecule has 0 bridgehead atoms. The van der Waals surface area contributed by atoms with Crippen molar-refractivity contribution in [1.29, 1.82) is 0 Å². The van der Waals surface area contributed by atoms with Crippen LogP contribution in [0.15, 0.2) is 28.9 Å². The van der Waals surface area contributed by atoms with Crippen molar-refractivity contribution >= 4 is 28.9 Å². The predicted molar refractivity (Wildman–Crippen MR) is 119 cm³/mol. The summed E-state index contributed by atoms with van der Waals surface area (Å²) in [7, 11) is 1.56. The summed E-state index contributed by atoms with van der Waals surface area (Å²) in [5.41, 5.74) is 2.57. The van der Waals surface area contributed by atoms with Crippen molar-refractivity contribution in [3.05, 3.63) is 47.2 Å². The molecule has 0 aliphatic heterocycles. The average Bonchev–Trinajstić information content (AvgIpc) is 3.44. The number of carboxylic acid groups (broad SMARTS) is 1. The van der Waals surface area contributed by atoms with Gasteiger partial charge in [0.05, 0.1) is 33.0 Å². The summed E-state index contributed by atoms with van der Waals surface area (Å²) in [4.78, 5) is 24.1. The number of benzene rings is 1. The molecule has 1 saturated carbocycles. The summed E-state index contributed by atoms with van der Waals surface area (Å²) in [5, 5.41) is 32.3. The molecule has 4 aromatic rings. The Morgan fingerprint density at radius 3 is 2.88 bits per heavy atom. The van der Waals surface area contributed by atoms with Crippen molar-refractivity contribution in [2.75, 3.05) is 17.7 Å². The van der Waals surface area contributed by atoms with Crippen molar-refractivity contribution < 1.29 is 24.3 Å². The molecule has 13 nitrogen and oxygen atoms in total. The number of nitrogens with zero attached hydrogens (tertiary/aromatic N) is 6. The van der Waals surface area contributed by atoms with Gasteiger partial charge in [0.15, 0.2) is 11.6 Å². The quantitative estimate of drug-likeness (QED) is 0.285. The average molecular weight is 466 g/mol. The van der Waals surface area contributed by atoms with Gasteiger partial charge in [0.1, 0.15) is 16.8 Å². The van der Waals surface area contributed by atoms with Crippen LogP contribution >= 0.6 is 0 Å². The largest absolute Gasteiger partial charge is 0.496 e. The smallest absolute Gasteiger partial charge is 0.411 e. The summed E-state index contributed by atoms with van der Waals surface area (Å²) in [6, 6.07) is 5.42. The van der Waals surface area contributed by atoms with Gasteiger partial charge < -0.3 is 24.8 Å². The first kappa shape index (κ1) is 21.6. The molecule has 1 fully saturated rings. The molecule has 0 spiro atoms. The molecule has 1 aliphatic carbocycles. The van der Waals surface area contributed by atoms with E-state index in [0.29, 0.717) is 46.8 Å². The highest BCUT2D eigenvalue weighted by molar-refractivity contribution is 5.89. The first-order valence-corrected chi connectivity index (χ1v) is 10.6. The number of amides is 1. The van der Waals surface area contributed by atoms with Gasteiger partial charge in [-0.05, 0) is 24.5 Å². The Morgan fingerprint density at radius 2 is 2.15 bits per heavy atom. The van der Waals surface area contributed by atoms with E-state index in [1.165, 1.54) is 6.20 Å². The van der Waals surface area contributed by atoms with Gasteiger partial charge in [0, 0.05) is 11.5 Å². The number of hydrogen-bond donors (Lipinski definition) is 4. The number of fused-ring (bicyclic) bond motifs is 1. The lowest BCUT2D eigenvalue weighted by Gasteiger charge is -2.13. The fourth-order valence-corrected chi connectivity index (χ4v) is 3.57. The Kier molecular flexibility index (Phi) is 5.67. The molecule has 176 valence electrons. The summed E-state index contributed by atoms with van der Waals surface area (Å²) in [6.45, 7) is 0.450. The number of aromatic nitrogens is 6. The maximum absolute atomic E-state index is 11.1. The van der Waals surface area contributed by atoms with E-state index < -0.39 is 6.09 Å². The fraction of sp³-hybridized carbons (Fsp3) is 0.333. The maximum atomic E-state index is 11.1. The van der Waals surface area contributed by atoms with Crippen LogP contribution in [0.4, 0.5) is 16.6 Å². The van der Waals surface area contributed by atoms with Gasteiger partial charge >= 0.3 is 6.09 Å². The van der Waals surface area contributed by atoms with Crippen LogP contribution in [-0.4, -0.2) is 53.3 Å². The zero-order valence-corrected chi connectivity index (χ0v) is 18.2. The number of methoxy groups -OCH3 is 1. The van der Waals surface area contributed by atoms with E-state index >= 15 is 0 Å². The molecule has 1 aromatic carbocycles. The van der Waals surface area contributed by atoms with Crippen LogP contribution in [0.2, 0.25) is 0 Å². The van der Waals surface area contributed by atoms with Crippen LogP contribution in [-0.2, 0) is 19.7 Å². The number of ether oxygens (including phenoxy) is 1. The minimum Gasteiger partial charge on any atom is -0.496 e. The second kappa shape index (κ2) is 8.94. The van der Waals surface area contributed by atoms with Crippen molar-refractivity contribution in [3.63, 3.8) is 0 Å². The minimum absolute atomic E-state index is 0.0845. The van der Waals surface area contributed by atoms with Gasteiger partial charge in [0.25, 0.3) is 0 Å². The molecule has 0 atom stereocenters. The first-order valence-electron chi connectivity index (χ1n) is 10.6. The van der Waals surface area contributed by atoms with Gasteiger partial charge in [-0.15, -0.1) is 0 Å². The van der Waals surface area contributed by atoms with E-state index in [4.69, 9.17) is 14.4 Å². The molecule has 5 rings (SSSR count). The van der Waals surface area contributed by atoms with Gasteiger partial charge in [-0.1, -0.05) is 17.3 Å². The third kappa shape index (κ3) is 4.45. The molecular weight excluding hydrogens is 444 g/mol. The van der Waals surface area contributed by atoms with Crippen molar-refractivity contribution in [3.8, 4) is 5.75 Å². The Morgan fingerprint density at radius 1 is 1.29 bits per heavy atom. The van der Waals surface area contributed by atoms with Crippen LogP contribution in [0.1, 0.15) is 41.6 Å². The zero-order valence-electron chi connectivity index (χ0n) is 18.2. The molecule has 4 N–H and O–H groups in total. The lowest BCUT2D eigenvalue weighted by Crippen LogP contribution is -2.13. The highest BCUT2D eigenvalue weighted by Crippen LogP contribution is 2.38. The van der Waals surface area contributed by atoms with Crippen molar-refractivity contribution in [2.24, 2.45) is 0 Å². The van der Waals surface area contributed by atoms with Gasteiger partial charge in [0.2, 0.25) is 11.8 Å². The molecule has 1 aliphatic rings. The van der Waals surface area contributed by atoms with E-state index in [2.05, 4.69) is 35.8 Å². The maximum Gasteiger partial charge on any atom is 0.411 e. The predicted octanol–water partition coefficient (Wildman–Crippen LogP) is 2.34. The lowest BCUT2D eigenvalue weighted by atomic mass is 10.1. The number of anilines is 2. The number of rotatable bonds is 9. The number of nitrogens with one attached hydrogen (secondary N) is 2. The number of aliphatic hydroxyl groups excluding tert-OH is 1. The molecule has 0 saturated heterocycles. The third-order valence-corrected chi connectivity index (χ3v) is 5.39. The molecule has 3 heterocycles. The molecule has 0 unspecified atom stereocenters. The van der Waals surface area contributed by atoms with Crippen molar-refractivity contribution in [1.82, 2.24) is 29.9 Å². The van der Waals surface area contributed by atoms with Gasteiger partial charge in [-0.2, -0.15) is 15.1 Å². The van der Waals surface area contributed by atoms with Gasteiger partial charge in [-0.25, -0.2) is 9.78 Å². The van der Waals surface area contributed by atoms with Crippen LogP contribution < -0.4 is 15.4 Å². The first-order chi connectivity index (χ1) is 16.5. The monoisotopic (exact) mass is 466 g/mol. The molecular formula is C21H22N8O5. The molecule has 0 radical (unpaired) electrons. The standard InChI is InChI=1S/C21H22N8O5/c1-33-15-6-11(10-30)2-3-13(15)9-29-17-14(7-23-29)24-20(27-21(31)32)26-18(17)22-8-16-25-19(34-28-16)12-4-5-12/h2-3,6-7,12,30H,4-5,8-10H2,1H3,(H,31,32)(H2,22,24,26,27). The number of aliphatic hydroxyl groups is 1.